The lowest BCUT2D eigenvalue weighted by atomic mass is 10.2. The van der Waals surface area contributed by atoms with Crippen molar-refractivity contribution in [3.05, 3.63) is 52.2 Å². The highest BCUT2D eigenvalue weighted by Crippen LogP contribution is 2.12. The molecule has 1 amide bonds. The Morgan fingerprint density at radius 3 is 2.15 bits per heavy atom. The number of hydrogen-bond donors (Lipinski definition) is 1. The Labute approximate surface area is 152 Å². The number of aromatic nitrogens is 2. The van der Waals surface area contributed by atoms with Gasteiger partial charge in [0.15, 0.2) is 6.61 Å². The van der Waals surface area contributed by atoms with Crippen molar-refractivity contribution in [1.29, 1.82) is 0 Å². The van der Waals surface area contributed by atoms with Gasteiger partial charge in [-0.05, 0) is 58.9 Å². The van der Waals surface area contributed by atoms with E-state index in [4.69, 9.17) is 4.74 Å². The first kappa shape index (κ1) is 19.5. The molecule has 0 unspecified atom stereocenters. The fourth-order valence-corrected chi connectivity index (χ4v) is 2.98. The van der Waals surface area contributed by atoms with Crippen LogP contribution in [-0.4, -0.2) is 45.0 Å². The van der Waals surface area contributed by atoms with E-state index in [0.29, 0.717) is 11.3 Å². The first-order chi connectivity index (χ1) is 12.2. The number of H-pyrrole nitrogens is 1. The second-order valence-electron chi connectivity index (χ2n) is 6.68. The number of aryl methyl sites for hydroxylation is 1. The minimum Gasteiger partial charge on any atom is -0.452 e. The van der Waals surface area contributed by atoms with Gasteiger partial charge in [-0.25, -0.2) is 9.59 Å². The SMILES string of the molecule is Cc1c[nH]c(=O)n1-c1ccc(C(=O)OCC(=O)N(C(C)C)C(C)C)cc1. The largest absolute Gasteiger partial charge is 0.452 e. The molecule has 2 aromatic rings. The molecule has 0 spiro atoms. The molecule has 0 saturated heterocycles. The number of nitrogens with one attached hydrogen (secondary N) is 1. The summed E-state index contributed by atoms with van der Waals surface area (Å²) < 4.78 is 6.65. The van der Waals surface area contributed by atoms with Crippen LogP contribution in [0.15, 0.2) is 35.3 Å². The van der Waals surface area contributed by atoms with Gasteiger partial charge in [0.05, 0.1) is 11.3 Å². The van der Waals surface area contributed by atoms with Crippen LogP contribution in [0.4, 0.5) is 0 Å². The van der Waals surface area contributed by atoms with Crippen LogP contribution in [0.3, 0.4) is 0 Å². The van der Waals surface area contributed by atoms with E-state index in [1.807, 2.05) is 27.7 Å². The molecule has 1 aromatic carbocycles. The predicted molar refractivity (Wildman–Crippen MR) is 98.5 cm³/mol. The summed E-state index contributed by atoms with van der Waals surface area (Å²) in [5.74, 6) is -0.801. The van der Waals surface area contributed by atoms with Gasteiger partial charge in [0.2, 0.25) is 0 Å². The van der Waals surface area contributed by atoms with E-state index in [1.165, 1.54) is 4.57 Å². The quantitative estimate of drug-likeness (QED) is 0.802. The molecular formula is C19H25N3O4. The van der Waals surface area contributed by atoms with Crippen LogP contribution in [0.5, 0.6) is 0 Å². The number of aromatic amines is 1. The average molecular weight is 359 g/mol. The van der Waals surface area contributed by atoms with Crippen molar-refractivity contribution in [3.63, 3.8) is 0 Å². The highest BCUT2D eigenvalue weighted by molar-refractivity contribution is 5.91. The molecule has 0 aliphatic rings. The van der Waals surface area contributed by atoms with Crippen LogP contribution in [0.25, 0.3) is 5.69 Å². The second-order valence-corrected chi connectivity index (χ2v) is 6.68. The van der Waals surface area contributed by atoms with E-state index in [-0.39, 0.29) is 30.3 Å². The van der Waals surface area contributed by atoms with Crippen LogP contribution < -0.4 is 5.69 Å². The number of rotatable bonds is 6. The number of carbonyl (C=O) groups is 2. The normalized spacial score (nSPS) is 11.0. The maximum absolute atomic E-state index is 12.3. The molecule has 1 aromatic heterocycles. The number of amides is 1. The third-order valence-corrected chi connectivity index (χ3v) is 4.05. The van der Waals surface area contributed by atoms with Crippen molar-refractivity contribution in [2.45, 2.75) is 46.7 Å². The summed E-state index contributed by atoms with van der Waals surface area (Å²) in [5.41, 5.74) is 1.49. The maximum Gasteiger partial charge on any atom is 0.338 e. The number of imidazole rings is 1. The summed E-state index contributed by atoms with van der Waals surface area (Å²) in [4.78, 5) is 40.5. The molecule has 0 radical (unpaired) electrons. The molecule has 0 bridgehead atoms. The molecule has 26 heavy (non-hydrogen) atoms. The molecular weight excluding hydrogens is 334 g/mol. The van der Waals surface area contributed by atoms with Gasteiger partial charge in [0.1, 0.15) is 0 Å². The Bertz CT molecular complexity index is 823. The molecule has 7 nitrogen and oxygen atoms in total. The summed E-state index contributed by atoms with van der Waals surface area (Å²) in [6.45, 7) is 9.19. The zero-order chi connectivity index (χ0) is 19.4. The lowest BCUT2D eigenvalue weighted by Gasteiger charge is -2.30. The van der Waals surface area contributed by atoms with Crippen molar-refractivity contribution in [1.82, 2.24) is 14.5 Å². The lowest BCUT2D eigenvalue weighted by Crippen LogP contribution is -2.44. The Balaban J connectivity index is 2.05. The first-order valence-electron chi connectivity index (χ1n) is 8.58. The summed E-state index contributed by atoms with van der Waals surface area (Å²) in [6.07, 6.45) is 1.62. The standard InChI is InChI=1S/C19H25N3O4/c1-12(2)21(13(3)4)17(23)11-26-18(24)15-6-8-16(9-7-15)22-14(5)10-20-19(22)25/h6-10,12-13H,11H2,1-5H3,(H,20,25). The van der Waals surface area contributed by atoms with Gasteiger partial charge in [0.25, 0.3) is 5.91 Å². The van der Waals surface area contributed by atoms with Crippen LogP contribution >= 0.6 is 0 Å². The van der Waals surface area contributed by atoms with E-state index in [0.717, 1.165) is 5.69 Å². The smallest absolute Gasteiger partial charge is 0.338 e. The van der Waals surface area contributed by atoms with Gasteiger partial charge in [-0.2, -0.15) is 0 Å². The average Bonchev–Trinajstić information content (AvgIpc) is 2.91. The fourth-order valence-electron chi connectivity index (χ4n) is 2.98. The molecule has 7 heteroatoms. The number of benzene rings is 1. The van der Waals surface area contributed by atoms with Crippen molar-refractivity contribution in [2.24, 2.45) is 0 Å². The van der Waals surface area contributed by atoms with Crippen molar-refractivity contribution < 1.29 is 14.3 Å². The fraction of sp³-hybridized carbons (Fsp3) is 0.421. The second kappa shape index (κ2) is 8.03. The summed E-state index contributed by atoms with van der Waals surface area (Å²) in [6, 6.07) is 6.53. The third kappa shape index (κ3) is 4.22. The lowest BCUT2D eigenvalue weighted by molar-refractivity contribution is -0.138. The van der Waals surface area contributed by atoms with Gasteiger partial charge < -0.3 is 14.6 Å². The van der Waals surface area contributed by atoms with E-state index in [9.17, 15) is 14.4 Å². The minimum absolute atomic E-state index is 0.0309. The molecule has 0 saturated carbocycles. The van der Waals surface area contributed by atoms with Crippen LogP contribution in [-0.2, 0) is 9.53 Å². The molecule has 0 fully saturated rings. The van der Waals surface area contributed by atoms with Crippen molar-refractivity contribution in [3.8, 4) is 5.69 Å². The molecule has 0 aliphatic heterocycles. The van der Waals surface area contributed by atoms with Crippen LogP contribution in [0.2, 0.25) is 0 Å². The van der Waals surface area contributed by atoms with E-state index in [2.05, 4.69) is 4.98 Å². The number of hydrogen-bond acceptors (Lipinski definition) is 4. The van der Waals surface area contributed by atoms with Crippen LogP contribution in [0, 0.1) is 6.92 Å². The van der Waals surface area contributed by atoms with Gasteiger partial charge in [0, 0.05) is 24.0 Å². The van der Waals surface area contributed by atoms with Gasteiger partial charge in [-0.3, -0.25) is 9.36 Å². The Morgan fingerprint density at radius 1 is 1.12 bits per heavy atom. The molecule has 0 atom stereocenters. The predicted octanol–water partition coefficient (Wildman–Crippen LogP) is 2.28. The zero-order valence-electron chi connectivity index (χ0n) is 15.8. The Kier molecular flexibility index (Phi) is 6.02. The molecule has 1 heterocycles. The first-order valence-corrected chi connectivity index (χ1v) is 8.58. The number of nitrogens with zero attached hydrogens (tertiary/aromatic N) is 2. The zero-order valence-corrected chi connectivity index (χ0v) is 15.8. The monoisotopic (exact) mass is 359 g/mol. The highest BCUT2D eigenvalue weighted by Gasteiger charge is 2.21. The Hall–Kier alpha value is -2.83. The summed E-state index contributed by atoms with van der Waals surface area (Å²) in [7, 11) is 0. The van der Waals surface area contributed by atoms with Crippen molar-refractivity contribution >= 4 is 11.9 Å². The van der Waals surface area contributed by atoms with Crippen molar-refractivity contribution in [2.75, 3.05) is 6.61 Å². The minimum atomic E-state index is -0.574. The van der Waals surface area contributed by atoms with Gasteiger partial charge >= 0.3 is 11.7 Å². The topological polar surface area (TPSA) is 84.4 Å². The molecule has 0 aliphatic carbocycles. The molecule has 140 valence electrons. The Morgan fingerprint density at radius 2 is 1.69 bits per heavy atom. The van der Waals surface area contributed by atoms with Gasteiger partial charge in [-0.1, -0.05) is 0 Å². The number of ether oxygens (including phenoxy) is 1. The molecule has 1 N–H and O–H groups in total. The van der Waals surface area contributed by atoms with E-state index >= 15 is 0 Å². The number of carbonyl (C=O) groups excluding carboxylic acids is 2. The van der Waals surface area contributed by atoms with Crippen LogP contribution in [0.1, 0.15) is 43.7 Å². The third-order valence-electron chi connectivity index (χ3n) is 4.05. The highest BCUT2D eigenvalue weighted by atomic mass is 16.5. The molecule has 2 rings (SSSR count). The van der Waals surface area contributed by atoms with E-state index in [1.54, 1.807) is 42.3 Å². The van der Waals surface area contributed by atoms with Gasteiger partial charge in [-0.15, -0.1) is 0 Å². The number of esters is 1. The summed E-state index contributed by atoms with van der Waals surface area (Å²) in [5, 5.41) is 0. The summed E-state index contributed by atoms with van der Waals surface area (Å²) >= 11 is 0. The maximum atomic E-state index is 12.3. The van der Waals surface area contributed by atoms with E-state index < -0.39 is 5.97 Å².